The molecule has 2 aromatic rings. The number of rotatable bonds is 4. The minimum absolute atomic E-state index is 0.0357. The number of hydrogen-bond acceptors (Lipinski definition) is 5. The van der Waals surface area contributed by atoms with Gasteiger partial charge in [0.05, 0.1) is 17.3 Å². The molecule has 0 bridgehead atoms. The van der Waals surface area contributed by atoms with Crippen LogP contribution in [-0.2, 0) is 11.3 Å². The van der Waals surface area contributed by atoms with Gasteiger partial charge in [0.2, 0.25) is 5.91 Å². The molecule has 3 heterocycles. The number of nitrogens with zero attached hydrogens (tertiary/aromatic N) is 3. The van der Waals surface area contributed by atoms with Crippen molar-refractivity contribution in [1.82, 2.24) is 24.9 Å². The van der Waals surface area contributed by atoms with Crippen LogP contribution >= 0.6 is 0 Å². The third kappa shape index (κ3) is 3.68. The van der Waals surface area contributed by atoms with Crippen molar-refractivity contribution < 1.29 is 4.79 Å². The molecule has 1 amide bonds. The van der Waals surface area contributed by atoms with Crippen LogP contribution in [0.5, 0.6) is 0 Å². The Balaban J connectivity index is 1.40. The highest BCUT2D eigenvalue weighted by atomic mass is 16.2. The van der Waals surface area contributed by atoms with E-state index in [1.807, 2.05) is 4.90 Å². The SMILES string of the molecule is O=C(CCn1[nH]c(=O)c2ccccc2c1=O)N1CCC(N2CCNCC2)C1. The largest absolute Gasteiger partial charge is 0.341 e. The fourth-order valence-corrected chi connectivity index (χ4v) is 4.08. The number of carbonyl (C=O) groups is 1. The third-order valence-electron chi connectivity index (χ3n) is 5.62. The average Bonchev–Trinajstić information content (AvgIpc) is 3.20. The number of piperazine rings is 1. The first-order valence-corrected chi connectivity index (χ1v) is 9.58. The number of fused-ring (bicyclic) bond motifs is 1. The average molecular weight is 371 g/mol. The molecule has 0 aliphatic carbocycles. The van der Waals surface area contributed by atoms with Crippen LogP contribution in [0.3, 0.4) is 0 Å². The Morgan fingerprint density at radius 3 is 2.59 bits per heavy atom. The number of amides is 1. The summed E-state index contributed by atoms with van der Waals surface area (Å²) < 4.78 is 1.26. The van der Waals surface area contributed by atoms with Crippen LogP contribution < -0.4 is 16.4 Å². The monoisotopic (exact) mass is 371 g/mol. The number of aromatic amines is 1. The molecule has 1 aromatic heterocycles. The van der Waals surface area contributed by atoms with Gasteiger partial charge in [-0.2, -0.15) is 0 Å². The van der Waals surface area contributed by atoms with Gasteiger partial charge in [-0.05, 0) is 18.6 Å². The molecule has 0 spiro atoms. The highest BCUT2D eigenvalue weighted by Gasteiger charge is 2.30. The molecule has 0 saturated carbocycles. The zero-order valence-corrected chi connectivity index (χ0v) is 15.3. The lowest BCUT2D eigenvalue weighted by Crippen LogP contribution is -2.49. The fourth-order valence-electron chi connectivity index (χ4n) is 4.08. The molecule has 8 nitrogen and oxygen atoms in total. The minimum atomic E-state index is -0.308. The van der Waals surface area contributed by atoms with Gasteiger partial charge in [0.15, 0.2) is 0 Å². The highest BCUT2D eigenvalue weighted by Crippen LogP contribution is 2.17. The summed E-state index contributed by atoms with van der Waals surface area (Å²) in [5.41, 5.74) is -0.573. The van der Waals surface area contributed by atoms with E-state index in [4.69, 9.17) is 0 Å². The van der Waals surface area contributed by atoms with Gasteiger partial charge in [-0.25, -0.2) is 4.68 Å². The van der Waals surface area contributed by atoms with Gasteiger partial charge < -0.3 is 10.2 Å². The van der Waals surface area contributed by atoms with E-state index in [-0.39, 0.29) is 30.0 Å². The van der Waals surface area contributed by atoms with Crippen LogP contribution in [0, 0.1) is 0 Å². The normalized spacial score (nSPS) is 21.0. The van der Waals surface area contributed by atoms with E-state index in [1.165, 1.54) is 4.68 Å². The van der Waals surface area contributed by atoms with Crippen molar-refractivity contribution >= 4 is 16.7 Å². The summed E-state index contributed by atoms with van der Waals surface area (Å²) in [5, 5.41) is 6.70. The van der Waals surface area contributed by atoms with Gasteiger partial charge in [-0.1, -0.05) is 12.1 Å². The molecule has 27 heavy (non-hydrogen) atoms. The summed E-state index contributed by atoms with van der Waals surface area (Å²) in [6.07, 6.45) is 1.21. The minimum Gasteiger partial charge on any atom is -0.341 e. The second-order valence-electron chi connectivity index (χ2n) is 7.26. The molecule has 1 aromatic carbocycles. The molecule has 1 atom stereocenters. The number of aromatic nitrogens is 2. The Morgan fingerprint density at radius 1 is 1.07 bits per heavy atom. The van der Waals surface area contributed by atoms with E-state index < -0.39 is 0 Å². The number of aryl methyl sites for hydroxylation is 1. The summed E-state index contributed by atoms with van der Waals surface area (Å²) in [4.78, 5) is 41.6. The second-order valence-corrected chi connectivity index (χ2v) is 7.26. The van der Waals surface area contributed by atoms with Crippen molar-refractivity contribution in [3.05, 3.63) is 45.0 Å². The lowest BCUT2D eigenvalue weighted by Gasteiger charge is -2.32. The van der Waals surface area contributed by atoms with Crippen molar-refractivity contribution in [2.24, 2.45) is 0 Å². The van der Waals surface area contributed by atoms with Gasteiger partial charge in [-0.3, -0.25) is 24.4 Å². The van der Waals surface area contributed by atoms with Crippen molar-refractivity contribution in [3.63, 3.8) is 0 Å². The molecule has 8 heteroatoms. The van der Waals surface area contributed by atoms with Crippen LogP contribution in [-0.4, -0.2) is 70.8 Å². The van der Waals surface area contributed by atoms with Crippen molar-refractivity contribution in [3.8, 4) is 0 Å². The van der Waals surface area contributed by atoms with Gasteiger partial charge in [-0.15, -0.1) is 0 Å². The predicted molar refractivity (Wildman–Crippen MR) is 103 cm³/mol. The number of benzene rings is 1. The number of nitrogens with one attached hydrogen (secondary N) is 2. The molecule has 2 N–H and O–H groups in total. The molecule has 2 aliphatic heterocycles. The number of carbonyl (C=O) groups excluding carboxylic acids is 1. The van der Waals surface area contributed by atoms with Gasteiger partial charge in [0.1, 0.15) is 0 Å². The van der Waals surface area contributed by atoms with E-state index in [9.17, 15) is 14.4 Å². The van der Waals surface area contributed by atoms with Gasteiger partial charge >= 0.3 is 0 Å². The number of H-pyrrole nitrogens is 1. The first kappa shape index (κ1) is 17.9. The van der Waals surface area contributed by atoms with Crippen molar-refractivity contribution in [2.45, 2.75) is 25.4 Å². The molecular weight excluding hydrogens is 346 g/mol. The summed E-state index contributed by atoms with van der Waals surface area (Å²) in [5.74, 6) is 0.0357. The molecular formula is C19H25N5O3. The summed E-state index contributed by atoms with van der Waals surface area (Å²) in [6, 6.07) is 7.17. The van der Waals surface area contributed by atoms with Crippen LogP contribution in [0.4, 0.5) is 0 Å². The molecule has 0 radical (unpaired) electrons. The quantitative estimate of drug-likeness (QED) is 0.762. The number of hydrogen-bond donors (Lipinski definition) is 2. The first-order valence-electron chi connectivity index (χ1n) is 9.58. The zero-order chi connectivity index (χ0) is 18.8. The van der Waals surface area contributed by atoms with Crippen LogP contribution in [0.15, 0.2) is 33.9 Å². The zero-order valence-electron chi connectivity index (χ0n) is 15.3. The van der Waals surface area contributed by atoms with E-state index in [0.717, 1.165) is 45.7 Å². The molecule has 1 unspecified atom stereocenters. The Hall–Kier alpha value is -2.45. The van der Waals surface area contributed by atoms with E-state index >= 15 is 0 Å². The summed E-state index contributed by atoms with van der Waals surface area (Å²) >= 11 is 0. The second kappa shape index (κ2) is 7.66. The Kier molecular flexibility index (Phi) is 5.09. The molecule has 2 fully saturated rings. The molecule has 144 valence electrons. The van der Waals surface area contributed by atoms with E-state index in [1.54, 1.807) is 24.3 Å². The number of likely N-dealkylation sites (tertiary alicyclic amines) is 1. The van der Waals surface area contributed by atoms with Gasteiger partial charge in [0, 0.05) is 51.7 Å². The maximum atomic E-state index is 12.6. The predicted octanol–water partition coefficient (Wildman–Crippen LogP) is -0.414. The highest BCUT2D eigenvalue weighted by molar-refractivity contribution is 5.80. The lowest BCUT2D eigenvalue weighted by molar-refractivity contribution is -0.130. The first-order chi connectivity index (χ1) is 13.1. The summed E-state index contributed by atoms with van der Waals surface area (Å²) in [6.45, 7) is 5.76. The molecule has 2 aliphatic rings. The maximum Gasteiger partial charge on any atom is 0.273 e. The Labute approximate surface area is 156 Å². The van der Waals surface area contributed by atoms with E-state index in [2.05, 4.69) is 15.3 Å². The third-order valence-corrected chi connectivity index (χ3v) is 5.62. The van der Waals surface area contributed by atoms with Crippen LogP contribution in [0.25, 0.3) is 10.8 Å². The van der Waals surface area contributed by atoms with Gasteiger partial charge in [0.25, 0.3) is 11.1 Å². The topological polar surface area (TPSA) is 90.4 Å². The maximum absolute atomic E-state index is 12.6. The fraction of sp³-hybridized carbons (Fsp3) is 0.526. The summed E-state index contributed by atoms with van der Waals surface area (Å²) in [7, 11) is 0. The Bertz CT molecular complexity index is 944. The Morgan fingerprint density at radius 2 is 1.81 bits per heavy atom. The van der Waals surface area contributed by atoms with Crippen LogP contribution in [0.2, 0.25) is 0 Å². The van der Waals surface area contributed by atoms with Crippen molar-refractivity contribution in [2.75, 3.05) is 39.3 Å². The standard InChI is InChI=1S/C19H25N5O3/c25-17(23-9-5-14(13-23)22-11-7-20-8-12-22)6-10-24-19(27)16-4-2-1-3-15(16)18(26)21-24/h1-4,14,20H,5-13H2,(H,21,26). The van der Waals surface area contributed by atoms with Crippen LogP contribution in [0.1, 0.15) is 12.8 Å². The van der Waals surface area contributed by atoms with E-state index in [0.29, 0.717) is 16.8 Å². The lowest BCUT2D eigenvalue weighted by atomic mass is 10.2. The smallest absolute Gasteiger partial charge is 0.273 e. The molecule has 4 rings (SSSR count). The van der Waals surface area contributed by atoms with Crippen molar-refractivity contribution in [1.29, 1.82) is 0 Å². The molecule has 2 saturated heterocycles.